The van der Waals surface area contributed by atoms with Crippen LogP contribution in [0.5, 0.6) is 0 Å². The third kappa shape index (κ3) is 45.6. The van der Waals surface area contributed by atoms with Crippen molar-refractivity contribution in [2.45, 2.75) is 78.7 Å². The Labute approximate surface area is 278 Å². The molecule has 0 heterocycles. The average Bonchev–Trinajstić information content (AvgIpc) is 2.61. The minimum atomic E-state index is -4.38. The van der Waals surface area contributed by atoms with E-state index in [-0.39, 0.29) is 85.0 Å². The molecule has 0 spiro atoms. The molecular weight excluding hydrogens is 578 g/mol. The van der Waals surface area contributed by atoms with Crippen LogP contribution in [0.1, 0.15) is 55.4 Å². The zero-order chi connectivity index (χ0) is 29.4. The van der Waals surface area contributed by atoms with Crippen molar-refractivity contribution < 1.29 is 105 Å². The average molecular weight is 625 g/mol. The van der Waals surface area contributed by atoms with E-state index >= 15 is 0 Å². The molecule has 0 radical (unpaired) electrons. The van der Waals surface area contributed by atoms with Crippen LogP contribution in [0.3, 0.4) is 0 Å². The maximum Gasteiger partial charge on any atom is 1.00 e. The van der Waals surface area contributed by atoms with Crippen molar-refractivity contribution in [2.75, 3.05) is 31.1 Å². The molecule has 0 aliphatic carbocycles. The van der Waals surface area contributed by atoms with Crippen LogP contribution in [0.4, 0.5) is 0 Å². The number of carbonyl (C=O) groups is 2. The van der Waals surface area contributed by atoms with Gasteiger partial charge in [-0.1, -0.05) is 14.0 Å². The van der Waals surface area contributed by atoms with Crippen molar-refractivity contribution in [2.24, 2.45) is 5.73 Å². The van der Waals surface area contributed by atoms with Crippen LogP contribution in [0.25, 0.3) is 0 Å². The first-order valence-electron chi connectivity index (χ1n) is 10.8. The predicted molar refractivity (Wildman–Crippen MR) is 140 cm³/mol. The number of aliphatic hydroxyl groups is 2. The Kier molecular flexibility index (Phi) is 33.2. The molecular formula is C21H46N4Na2O10S2. The molecule has 18 heteroatoms. The summed E-state index contributed by atoms with van der Waals surface area (Å²) in [6, 6.07) is 0. The Morgan fingerprint density at radius 1 is 0.923 bits per heavy atom. The molecule has 0 aromatic heterocycles. The van der Waals surface area contributed by atoms with Gasteiger partial charge in [0.25, 0.3) is 0 Å². The van der Waals surface area contributed by atoms with Crippen molar-refractivity contribution >= 4 is 32.1 Å². The van der Waals surface area contributed by atoms with E-state index in [1.807, 2.05) is 0 Å². The summed E-state index contributed by atoms with van der Waals surface area (Å²) in [5.41, 5.74) is 2.78. The molecule has 0 rings (SSSR count). The van der Waals surface area contributed by atoms with Crippen LogP contribution < -0.4 is 80.8 Å². The molecule has 2 amide bonds. The SMILES string of the molecule is C.C=CC(=O)NC(C)(C)CS(=O)(=O)[O-].CC(O)CN.CC(O)CNCCC(=O)NC(C)(C)CS(=O)(=O)[O-].[Na+].[Na+]. The van der Waals surface area contributed by atoms with Crippen LogP contribution in [0.15, 0.2) is 12.7 Å². The number of nitrogens with two attached hydrogens (primary N) is 1. The van der Waals surface area contributed by atoms with Gasteiger partial charge in [0.05, 0.1) is 43.9 Å². The molecule has 7 N–H and O–H groups in total. The third-order valence-corrected chi connectivity index (χ3v) is 5.66. The molecule has 2 atom stereocenters. The maximum absolute atomic E-state index is 11.5. The van der Waals surface area contributed by atoms with Crippen LogP contribution in [-0.2, 0) is 29.8 Å². The van der Waals surface area contributed by atoms with Gasteiger partial charge in [-0.3, -0.25) is 9.59 Å². The number of amides is 2. The zero-order valence-corrected chi connectivity index (χ0v) is 29.4. The van der Waals surface area contributed by atoms with Gasteiger partial charge in [0.1, 0.15) is 0 Å². The molecule has 14 nitrogen and oxygen atoms in total. The van der Waals surface area contributed by atoms with Gasteiger partial charge in [0, 0.05) is 37.1 Å². The second-order valence-electron chi connectivity index (χ2n) is 9.30. The third-order valence-electron chi connectivity index (χ3n) is 3.51. The van der Waals surface area contributed by atoms with Crippen molar-refractivity contribution in [3.05, 3.63) is 12.7 Å². The Morgan fingerprint density at radius 3 is 1.56 bits per heavy atom. The number of carbonyl (C=O) groups excluding carboxylic acids is 2. The monoisotopic (exact) mass is 624 g/mol. The first-order chi connectivity index (χ1) is 15.9. The summed E-state index contributed by atoms with van der Waals surface area (Å²) in [7, 11) is -8.71. The summed E-state index contributed by atoms with van der Waals surface area (Å²) in [6.45, 7) is 13.4. The topological polar surface area (TPSA) is 251 Å². The van der Waals surface area contributed by atoms with Crippen molar-refractivity contribution in [3.63, 3.8) is 0 Å². The number of rotatable bonds is 13. The first-order valence-corrected chi connectivity index (χ1v) is 14.0. The van der Waals surface area contributed by atoms with Gasteiger partial charge in [-0.05, 0) is 47.6 Å². The summed E-state index contributed by atoms with van der Waals surface area (Å²) in [5, 5.41) is 24.9. The minimum Gasteiger partial charge on any atom is -0.748 e. The minimum absolute atomic E-state index is 0. The van der Waals surface area contributed by atoms with Crippen molar-refractivity contribution in [3.8, 4) is 0 Å². The van der Waals surface area contributed by atoms with E-state index in [2.05, 4.69) is 22.5 Å². The van der Waals surface area contributed by atoms with Gasteiger partial charge in [-0.2, -0.15) is 0 Å². The van der Waals surface area contributed by atoms with Gasteiger partial charge in [0.2, 0.25) is 11.8 Å². The standard InChI is InChI=1S/C10H22N2O5S.C7H13NO4S.C3H9NO.CH4.2Na/c1-8(13)6-11-5-4-9(14)12-10(2,3)7-18(15,16)17;1-4-6(9)8-7(2,3)5-13(10,11)12;1-3(5)2-4;;;/h8,11,13H,4-7H2,1-3H3,(H,12,14)(H,15,16,17);4H,1,5H2,2-3H3,(H,8,9)(H,10,11,12);3,5H,2,4H2,1H3;1H4;;/q;;;;2*+1/p-2. The molecule has 0 aromatic rings. The molecule has 0 aliphatic rings. The summed E-state index contributed by atoms with van der Waals surface area (Å²) in [4.78, 5) is 22.3. The van der Waals surface area contributed by atoms with Crippen LogP contribution in [0.2, 0.25) is 0 Å². The Morgan fingerprint density at radius 2 is 1.28 bits per heavy atom. The molecule has 0 aromatic carbocycles. The fourth-order valence-electron chi connectivity index (χ4n) is 2.29. The predicted octanol–water partition coefficient (Wildman–Crippen LogP) is -7.63. The molecule has 0 saturated heterocycles. The van der Waals surface area contributed by atoms with E-state index in [4.69, 9.17) is 15.9 Å². The van der Waals surface area contributed by atoms with E-state index in [1.54, 1.807) is 13.8 Å². The molecule has 224 valence electrons. The molecule has 0 saturated carbocycles. The summed E-state index contributed by atoms with van der Waals surface area (Å²) in [6.07, 6.45) is 0.332. The van der Waals surface area contributed by atoms with Crippen molar-refractivity contribution in [1.29, 1.82) is 0 Å². The molecule has 0 aliphatic heterocycles. The summed E-state index contributed by atoms with van der Waals surface area (Å²) < 4.78 is 63.0. The van der Waals surface area contributed by atoms with Crippen LogP contribution in [-0.4, -0.2) is 102 Å². The van der Waals surface area contributed by atoms with Gasteiger partial charge in [0.15, 0.2) is 0 Å². The normalized spacial score (nSPS) is 12.6. The van der Waals surface area contributed by atoms with Crippen LogP contribution in [0, 0.1) is 0 Å². The zero-order valence-electron chi connectivity index (χ0n) is 23.7. The number of aliphatic hydroxyl groups excluding tert-OH is 2. The first kappa shape index (κ1) is 52.0. The van der Waals surface area contributed by atoms with Gasteiger partial charge in [-0.15, -0.1) is 0 Å². The summed E-state index contributed by atoms with van der Waals surface area (Å²) >= 11 is 0. The molecule has 39 heavy (non-hydrogen) atoms. The largest absolute Gasteiger partial charge is 1.00 e. The Balaban J connectivity index is -0.000000115. The van der Waals surface area contributed by atoms with Gasteiger partial charge in [-0.25, -0.2) is 16.8 Å². The van der Waals surface area contributed by atoms with E-state index in [0.717, 1.165) is 6.08 Å². The smallest absolute Gasteiger partial charge is 0.748 e. The maximum atomic E-state index is 11.5. The number of hydrogen-bond acceptors (Lipinski definition) is 12. The second kappa shape index (κ2) is 24.9. The summed E-state index contributed by atoms with van der Waals surface area (Å²) in [5.74, 6) is -2.14. The second-order valence-corrected chi connectivity index (χ2v) is 12.1. The van der Waals surface area contributed by atoms with E-state index < -0.39 is 54.8 Å². The van der Waals surface area contributed by atoms with E-state index in [1.165, 1.54) is 27.7 Å². The number of nitrogens with one attached hydrogen (secondary N) is 3. The van der Waals surface area contributed by atoms with Crippen molar-refractivity contribution in [1.82, 2.24) is 16.0 Å². The fourth-order valence-corrected chi connectivity index (χ4v) is 4.21. The Bertz CT molecular complexity index is 883. The number of hydrogen-bond donors (Lipinski definition) is 6. The molecule has 2 unspecified atom stereocenters. The molecule has 0 bridgehead atoms. The van der Waals surface area contributed by atoms with Gasteiger partial charge >= 0.3 is 59.1 Å². The molecule has 0 fully saturated rings. The fraction of sp³-hybridized carbons (Fsp3) is 0.810. The van der Waals surface area contributed by atoms with Gasteiger partial charge < -0.3 is 41.0 Å². The quantitative estimate of drug-likeness (QED) is 0.0484. The van der Waals surface area contributed by atoms with Crippen LogP contribution >= 0.6 is 0 Å². The van der Waals surface area contributed by atoms with E-state index in [9.17, 15) is 35.5 Å². The Hall–Kier alpha value is 0.340. The van der Waals surface area contributed by atoms with E-state index in [0.29, 0.717) is 19.6 Å².